The molecule has 132 valence electrons. The Morgan fingerprint density at radius 1 is 1.20 bits per heavy atom. The molecule has 1 aliphatic rings. The largest absolute Gasteiger partial charge is 0.497 e. The molecule has 1 atom stereocenters. The molecule has 1 fully saturated rings. The molecule has 0 amide bonds. The van der Waals surface area contributed by atoms with Crippen LogP contribution in [0, 0.1) is 0 Å². The number of methoxy groups -OCH3 is 1. The van der Waals surface area contributed by atoms with E-state index < -0.39 is 0 Å². The first-order valence-corrected chi connectivity index (χ1v) is 9.79. The van der Waals surface area contributed by atoms with Gasteiger partial charge in [0.1, 0.15) is 10.7 Å². The van der Waals surface area contributed by atoms with E-state index in [0.717, 1.165) is 40.4 Å². The molecule has 5 heteroatoms. The molecular weight excluding hydrogens is 396 g/mol. The van der Waals surface area contributed by atoms with Crippen molar-refractivity contribution in [2.75, 3.05) is 26.7 Å². The maximum atomic E-state index is 5.59. The highest BCUT2D eigenvalue weighted by atomic mass is 79.9. The molecule has 0 aliphatic carbocycles. The lowest BCUT2D eigenvalue weighted by atomic mass is 10.0. The Morgan fingerprint density at radius 2 is 1.92 bits per heavy atom. The van der Waals surface area contributed by atoms with Crippen LogP contribution >= 0.6 is 28.1 Å². The highest BCUT2D eigenvalue weighted by Gasteiger charge is 2.23. The molecule has 0 saturated carbocycles. The SMILES string of the molecule is COc1ccc([C@H](CNC(=S)c2cccc(Br)c2)N2CCCC2)cc1. The van der Waals surface area contributed by atoms with Gasteiger partial charge in [0.15, 0.2) is 0 Å². The second-order valence-corrected chi connectivity index (χ2v) is 7.58. The fourth-order valence-corrected chi connectivity index (χ4v) is 3.87. The maximum absolute atomic E-state index is 5.59. The van der Waals surface area contributed by atoms with Crippen LogP contribution in [0.1, 0.15) is 30.0 Å². The molecule has 3 nitrogen and oxygen atoms in total. The van der Waals surface area contributed by atoms with Crippen LogP contribution in [0.5, 0.6) is 5.75 Å². The zero-order valence-electron chi connectivity index (χ0n) is 14.4. The Hall–Kier alpha value is -1.43. The normalized spacial score (nSPS) is 15.8. The summed E-state index contributed by atoms with van der Waals surface area (Å²) in [5.74, 6) is 0.890. The topological polar surface area (TPSA) is 24.5 Å². The van der Waals surface area contributed by atoms with Gasteiger partial charge in [0.05, 0.1) is 13.2 Å². The Kier molecular flexibility index (Phi) is 6.45. The van der Waals surface area contributed by atoms with Crippen LogP contribution in [0.2, 0.25) is 0 Å². The minimum Gasteiger partial charge on any atom is -0.497 e. The summed E-state index contributed by atoms with van der Waals surface area (Å²) in [5.41, 5.74) is 2.34. The summed E-state index contributed by atoms with van der Waals surface area (Å²) < 4.78 is 6.33. The van der Waals surface area contributed by atoms with Crippen molar-refractivity contribution in [3.05, 3.63) is 64.1 Å². The third-order valence-electron chi connectivity index (χ3n) is 4.62. The summed E-state index contributed by atoms with van der Waals surface area (Å²) in [7, 11) is 1.70. The molecule has 0 unspecified atom stereocenters. The number of nitrogens with zero attached hydrogens (tertiary/aromatic N) is 1. The molecule has 25 heavy (non-hydrogen) atoms. The number of nitrogens with one attached hydrogen (secondary N) is 1. The van der Waals surface area contributed by atoms with Crippen molar-refractivity contribution in [1.29, 1.82) is 0 Å². The van der Waals surface area contributed by atoms with Crippen molar-refractivity contribution in [1.82, 2.24) is 10.2 Å². The summed E-state index contributed by atoms with van der Waals surface area (Å²) in [5, 5.41) is 3.47. The number of hydrogen-bond donors (Lipinski definition) is 1. The van der Waals surface area contributed by atoms with E-state index in [-0.39, 0.29) is 0 Å². The van der Waals surface area contributed by atoms with Crippen LogP contribution in [0.15, 0.2) is 53.0 Å². The minimum atomic E-state index is 0.318. The van der Waals surface area contributed by atoms with Crippen LogP contribution in [-0.2, 0) is 0 Å². The molecule has 0 spiro atoms. The Balaban J connectivity index is 1.72. The van der Waals surface area contributed by atoms with Crippen molar-refractivity contribution < 1.29 is 4.74 Å². The quantitative estimate of drug-likeness (QED) is 0.694. The number of ether oxygens (including phenoxy) is 1. The van der Waals surface area contributed by atoms with Gasteiger partial charge in [-0.2, -0.15) is 0 Å². The van der Waals surface area contributed by atoms with Gasteiger partial charge < -0.3 is 10.1 Å². The average molecular weight is 419 g/mol. The molecular formula is C20H23BrN2OS. The number of halogens is 1. The van der Waals surface area contributed by atoms with Gasteiger partial charge in [-0.1, -0.05) is 52.4 Å². The van der Waals surface area contributed by atoms with Crippen LogP contribution in [0.3, 0.4) is 0 Å². The van der Waals surface area contributed by atoms with Crippen molar-refractivity contribution in [2.45, 2.75) is 18.9 Å². The lowest BCUT2D eigenvalue weighted by molar-refractivity contribution is 0.246. The van der Waals surface area contributed by atoms with Gasteiger partial charge in [-0.05, 0) is 55.8 Å². The van der Waals surface area contributed by atoms with E-state index in [9.17, 15) is 0 Å². The monoisotopic (exact) mass is 418 g/mol. The molecule has 1 aliphatic heterocycles. The maximum Gasteiger partial charge on any atom is 0.118 e. The zero-order chi connectivity index (χ0) is 17.6. The van der Waals surface area contributed by atoms with Gasteiger partial charge >= 0.3 is 0 Å². The number of likely N-dealkylation sites (tertiary alicyclic amines) is 1. The van der Waals surface area contributed by atoms with Gasteiger partial charge in [0.2, 0.25) is 0 Å². The third-order valence-corrected chi connectivity index (χ3v) is 5.50. The Morgan fingerprint density at radius 3 is 2.56 bits per heavy atom. The third kappa shape index (κ3) is 4.81. The molecule has 1 N–H and O–H groups in total. The molecule has 3 rings (SSSR count). The molecule has 2 aromatic carbocycles. The summed E-state index contributed by atoms with van der Waals surface area (Å²) in [6, 6.07) is 16.8. The van der Waals surface area contributed by atoms with Crippen molar-refractivity contribution in [3.63, 3.8) is 0 Å². The van der Waals surface area contributed by atoms with E-state index in [1.54, 1.807) is 7.11 Å². The van der Waals surface area contributed by atoms with Crippen molar-refractivity contribution in [2.24, 2.45) is 0 Å². The molecule has 2 aromatic rings. The zero-order valence-corrected chi connectivity index (χ0v) is 16.8. The van der Waals surface area contributed by atoms with E-state index in [2.05, 4.69) is 38.3 Å². The molecule has 0 radical (unpaired) electrons. The fourth-order valence-electron chi connectivity index (χ4n) is 3.26. The summed E-state index contributed by atoms with van der Waals surface area (Å²) >= 11 is 9.10. The lowest BCUT2D eigenvalue weighted by Gasteiger charge is -2.29. The Labute approximate surface area is 163 Å². The number of hydrogen-bond acceptors (Lipinski definition) is 3. The number of thiocarbonyl (C=S) groups is 1. The van der Waals surface area contributed by atoms with Crippen LogP contribution in [0.4, 0.5) is 0 Å². The van der Waals surface area contributed by atoms with Gasteiger partial charge in [-0.25, -0.2) is 0 Å². The highest BCUT2D eigenvalue weighted by molar-refractivity contribution is 9.10. The highest BCUT2D eigenvalue weighted by Crippen LogP contribution is 2.26. The summed E-state index contributed by atoms with van der Waals surface area (Å²) in [4.78, 5) is 3.33. The van der Waals surface area contributed by atoms with E-state index in [4.69, 9.17) is 17.0 Å². The van der Waals surface area contributed by atoms with Crippen molar-refractivity contribution >= 4 is 33.1 Å². The van der Waals surface area contributed by atoms with Gasteiger partial charge in [0.25, 0.3) is 0 Å². The van der Waals surface area contributed by atoms with E-state index in [1.165, 1.54) is 18.4 Å². The molecule has 0 bridgehead atoms. The second-order valence-electron chi connectivity index (χ2n) is 6.25. The van der Waals surface area contributed by atoms with Gasteiger partial charge in [0, 0.05) is 16.6 Å². The first kappa shape index (κ1) is 18.4. The van der Waals surface area contributed by atoms with E-state index >= 15 is 0 Å². The smallest absolute Gasteiger partial charge is 0.118 e. The predicted molar refractivity (Wildman–Crippen MR) is 110 cm³/mol. The Bertz CT molecular complexity index is 714. The van der Waals surface area contributed by atoms with Gasteiger partial charge in [-0.15, -0.1) is 0 Å². The molecule has 1 saturated heterocycles. The van der Waals surface area contributed by atoms with Crippen LogP contribution in [0.25, 0.3) is 0 Å². The van der Waals surface area contributed by atoms with Gasteiger partial charge in [-0.3, -0.25) is 4.90 Å². The predicted octanol–water partition coefficient (Wildman–Crippen LogP) is 4.56. The standard InChI is InChI=1S/C20H23BrN2OS/c1-24-18-9-7-15(8-10-18)19(23-11-2-3-12-23)14-22-20(25)16-5-4-6-17(21)13-16/h4-10,13,19H,2-3,11-12,14H2,1H3,(H,22,25)/t19-/m0/s1. The van der Waals surface area contributed by atoms with E-state index in [1.807, 2.05) is 36.4 Å². The number of benzene rings is 2. The number of rotatable bonds is 6. The summed E-state index contributed by atoms with van der Waals surface area (Å²) in [6.45, 7) is 3.09. The summed E-state index contributed by atoms with van der Waals surface area (Å²) in [6.07, 6.45) is 2.53. The minimum absolute atomic E-state index is 0.318. The first-order chi connectivity index (χ1) is 12.2. The second kappa shape index (κ2) is 8.79. The molecule has 0 aromatic heterocycles. The first-order valence-electron chi connectivity index (χ1n) is 8.59. The van der Waals surface area contributed by atoms with Crippen LogP contribution < -0.4 is 10.1 Å². The fraction of sp³-hybridized carbons (Fsp3) is 0.350. The van der Waals surface area contributed by atoms with E-state index in [0.29, 0.717) is 6.04 Å². The lowest BCUT2D eigenvalue weighted by Crippen LogP contribution is -2.36. The van der Waals surface area contributed by atoms with Crippen LogP contribution in [-0.4, -0.2) is 36.6 Å². The average Bonchev–Trinajstić information content (AvgIpc) is 3.16. The molecule has 1 heterocycles. The van der Waals surface area contributed by atoms with Crippen molar-refractivity contribution in [3.8, 4) is 5.75 Å².